The van der Waals surface area contributed by atoms with Crippen LogP contribution in [0, 0.1) is 5.82 Å². The summed E-state index contributed by atoms with van der Waals surface area (Å²) in [4.78, 5) is 43.0. The SMILES string of the molecule is O=C(c1ccc(F)c(-n2c(=O)[nH]c3ccccc3c2=O)c1)N1CCCc2ccccc21. The molecule has 1 amide bonds. The largest absolute Gasteiger partial charge is 0.333 e. The number of carbonyl (C=O) groups is 1. The van der Waals surface area contributed by atoms with Crippen molar-refractivity contribution in [3.63, 3.8) is 0 Å². The van der Waals surface area contributed by atoms with E-state index in [-0.39, 0.29) is 22.5 Å². The molecular formula is C24H18FN3O3. The Bertz CT molecular complexity index is 1450. The smallest absolute Gasteiger partial charge is 0.308 e. The van der Waals surface area contributed by atoms with Crippen molar-refractivity contribution in [2.24, 2.45) is 0 Å². The Hall–Kier alpha value is -4.00. The van der Waals surface area contributed by atoms with Crippen LogP contribution >= 0.6 is 0 Å². The minimum absolute atomic E-state index is 0.201. The van der Waals surface area contributed by atoms with E-state index in [1.165, 1.54) is 12.1 Å². The van der Waals surface area contributed by atoms with Crippen LogP contribution in [0.25, 0.3) is 16.6 Å². The Morgan fingerprint density at radius 3 is 2.58 bits per heavy atom. The third kappa shape index (κ3) is 3.15. The van der Waals surface area contributed by atoms with Crippen molar-refractivity contribution in [3.05, 3.63) is 105 Å². The summed E-state index contributed by atoms with van der Waals surface area (Å²) in [6, 6.07) is 17.9. The number of para-hydroxylation sites is 2. The lowest BCUT2D eigenvalue weighted by Crippen LogP contribution is -2.36. The minimum Gasteiger partial charge on any atom is -0.308 e. The third-order valence-electron chi connectivity index (χ3n) is 5.59. The maximum absolute atomic E-state index is 14.7. The summed E-state index contributed by atoms with van der Waals surface area (Å²) in [5.74, 6) is -1.07. The maximum atomic E-state index is 14.7. The predicted octanol–water partition coefficient (Wildman–Crippen LogP) is 3.41. The molecule has 31 heavy (non-hydrogen) atoms. The Balaban J connectivity index is 1.64. The van der Waals surface area contributed by atoms with E-state index in [0.29, 0.717) is 12.1 Å². The quantitative estimate of drug-likeness (QED) is 0.545. The van der Waals surface area contributed by atoms with Gasteiger partial charge in [0.2, 0.25) is 0 Å². The Morgan fingerprint density at radius 2 is 1.71 bits per heavy atom. The normalized spacial score (nSPS) is 13.3. The summed E-state index contributed by atoms with van der Waals surface area (Å²) >= 11 is 0. The van der Waals surface area contributed by atoms with E-state index < -0.39 is 17.1 Å². The zero-order chi connectivity index (χ0) is 21.5. The van der Waals surface area contributed by atoms with Gasteiger partial charge in [-0.15, -0.1) is 0 Å². The molecule has 1 aliphatic rings. The molecule has 0 saturated carbocycles. The van der Waals surface area contributed by atoms with Crippen molar-refractivity contribution < 1.29 is 9.18 Å². The lowest BCUT2D eigenvalue weighted by atomic mass is 10.0. The van der Waals surface area contributed by atoms with Crippen molar-refractivity contribution in [1.82, 2.24) is 9.55 Å². The zero-order valence-corrected chi connectivity index (χ0v) is 16.5. The van der Waals surface area contributed by atoms with Gasteiger partial charge >= 0.3 is 5.69 Å². The van der Waals surface area contributed by atoms with Gasteiger partial charge in [-0.2, -0.15) is 0 Å². The van der Waals surface area contributed by atoms with Crippen LogP contribution in [0.15, 0.2) is 76.3 Å². The minimum atomic E-state index is -0.768. The molecule has 3 aromatic carbocycles. The monoisotopic (exact) mass is 415 g/mol. The van der Waals surface area contributed by atoms with E-state index in [1.807, 2.05) is 24.3 Å². The second kappa shape index (κ2) is 7.36. The fourth-order valence-corrected chi connectivity index (χ4v) is 4.10. The van der Waals surface area contributed by atoms with Gasteiger partial charge in [0.05, 0.1) is 16.6 Å². The maximum Gasteiger partial charge on any atom is 0.333 e. The van der Waals surface area contributed by atoms with Gasteiger partial charge in [-0.25, -0.2) is 13.8 Å². The topological polar surface area (TPSA) is 75.2 Å². The molecule has 0 radical (unpaired) electrons. The van der Waals surface area contributed by atoms with E-state index >= 15 is 0 Å². The highest BCUT2D eigenvalue weighted by atomic mass is 19.1. The number of anilines is 1. The summed E-state index contributed by atoms with van der Waals surface area (Å²) in [6.07, 6.45) is 1.71. The van der Waals surface area contributed by atoms with Crippen LogP contribution < -0.4 is 16.1 Å². The van der Waals surface area contributed by atoms with Gasteiger partial charge in [0.25, 0.3) is 11.5 Å². The first-order valence-electron chi connectivity index (χ1n) is 9.98. The van der Waals surface area contributed by atoms with Crippen molar-refractivity contribution in [2.75, 3.05) is 11.4 Å². The average Bonchev–Trinajstić information content (AvgIpc) is 2.79. The number of nitrogens with zero attached hydrogens (tertiary/aromatic N) is 2. The number of amides is 1. The van der Waals surface area contributed by atoms with Gasteiger partial charge < -0.3 is 9.88 Å². The standard InChI is InChI=1S/C24H18FN3O3/c25-18-12-11-16(22(29)27-13-5-7-15-6-1-4-10-20(15)27)14-21(18)28-23(30)17-8-2-3-9-19(17)26-24(28)31/h1-4,6,8-12,14H,5,7,13H2,(H,26,31). The molecule has 0 fully saturated rings. The number of aromatic amines is 1. The molecule has 0 atom stereocenters. The average molecular weight is 415 g/mol. The zero-order valence-electron chi connectivity index (χ0n) is 16.5. The molecule has 0 aliphatic carbocycles. The summed E-state index contributed by atoms with van der Waals surface area (Å²) in [5, 5.41) is 0.253. The van der Waals surface area contributed by atoms with Gasteiger partial charge in [0, 0.05) is 17.8 Å². The Labute approximate surface area is 176 Å². The number of carbonyl (C=O) groups excluding carboxylic acids is 1. The van der Waals surface area contributed by atoms with Crippen LogP contribution in [-0.2, 0) is 6.42 Å². The third-order valence-corrected chi connectivity index (χ3v) is 5.59. The predicted molar refractivity (Wildman–Crippen MR) is 117 cm³/mol. The fraction of sp³-hybridized carbons (Fsp3) is 0.125. The summed E-state index contributed by atoms with van der Waals surface area (Å²) in [6.45, 7) is 0.541. The van der Waals surface area contributed by atoms with E-state index in [0.717, 1.165) is 34.7 Å². The number of nitrogens with one attached hydrogen (secondary N) is 1. The number of aryl methyl sites for hydroxylation is 1. The van der Waals surface area contributed by atoms with Crippen molar-refractivity contribution >= 4 is 22.5 Å². The summed E-state index contributed by atoms with van der Waals surface area (Å²) in [7, 11) is 0. The second-order valence-corrected chi connectivity index (χ2v) is 7.47. The van der Waals surface area contributed by atoms with Crippen LogP contribution in [0.2, 0.25) is 0 Å². The first-order chi connectivity index (χ1) is 15.0. The molecule has 0 saturated heterocycles. The number of rotatable bonds is 2. The molecule has 1 aliphatic heterocycles. The number of H-pyrrole nitrogens is 1. The molecule has 2 heterocycles. The first kappa shape index (κ1) is 19.0. The van der Waals surface area contributed by atoms with Gasteiger partial charge in [-0.05, 0) is 54.8 Å². The molecular weight excluding hydrogens is 397 g/mol. The molecule has 5 rings (SSSR count). The van der Waals surface area contributed by atoms with Crippen molar-refractivity contribution in [1.29, 1.82) is 0 Å². The van der Waals surface area contributed by atoms with Gasteiger partial charge in [-0.3, -0.25) is 9.59 Å². The van der Waals surface area contributed by atoms with Gasteiger partial charge in [0.15, 0.2) is 0 Å². The summed E-state index contributed by atoms with van der Waals surface area (Å²) < 4.78 is 15.5. The molecule has 4 aromatic rings. The van der Waals surface area contributed by atoms with E-state index in [4.69, 9.17) is 0 Å². The highest BCUT2D eigenvalue weighted by Gasteiger charge is 2.24. The second-order valence-electron chi connectivity index (χ2n) is 7.47. The Morgan fingerprint density at radius 1 is 0.935 bits per heavy atom. The molecule has 0 bridgehead atoms. The van der Waals surface area contributed by atoms with E-state index in [2.05, 4.69) is 4.98 Å². The van der Waals surface area contributed by atoms with E-state index in [9.17, 15) is 18.8 Å². The molecule has 154 valence electrons. The fourth-order valence-electron chi connectivity index (χ4n) is 4.10. The molecule has 7 heteroatoms. The molecule has 0 unspecified atom stereocenters. The van der Waals surface area contributed by atoms with Gasteiger partial charge in [-0.1, -0.05) is 30.3 Å². The van der Waals surface area contributed by atoms with Crippen LogP contribution in [0.1, 0.15) is 22.3 Å². The van der Waals surface area contributed by atoms with Crippen LogP contribution in [-0.4, -0.2) is 22.0 Å². The van der Waals surface area contributed by atoms with Crippen LogP contribution in [0.3, 0.4) is 0 Å². The highest BCUT2D eigenvalue weighted by Crippen LogP contribution is 2.28. The lowest BCUT2D eigenvalue weighted by Gasteiger charge is -2.29. The number of hydrogen-bond acceptors (Lipinski definition) is 3. The number of aromatic nitrogens is 2. The molecule has 1 N–H and O–H groups in total. The molecule has 1 aromatic heterocycles. The van der Waals surface area contributed by atoms with Crippen LogP contribution in [0.4, 0.5) is 10.1 Å². The van der Waals surface area contributed by atoms with Crippen LogP contribution in [0.5, 0.6) is 0 Å². The van der Waals surface area contributed by atoms with Crippen molar-refractivity contribution in [3.8, 4) is 5.69 Å². The number of halogens is 1. The number of hydrogen-bond donors (Lipinski definition) is 1. The first-order valence-corrected chi connectivity index (χ1v) is 9.98. The molecule has 0 spiro atoms. The number of benzene rings is 3. The van der Waals surface area contributed by atoms with Gasteiger partial charge in [0.1, 0.15) is 5.82 Å². The lowest BCUT2D eigenvalue weighted by molar-refractivity contribution is 0.0985. The van der Waals surface area contributed by atoms with E-state index in [1.54, 1.807) is 29.2 Å². The van der Waals surface area contributed by atoms with Crippen molar-refractivity contribution in [2.45, 2.75) is 12.8 Å². The summed E-state index contributed by atoms with van der Waals surface area (Å²) in [5.41, 5.74) is 0.797. The molecule has 6 nitrogen and oxygen atoms in total. The highest BCUT2D eigenvalue weighted by molar-refractivity contribution is 6.07. The number of fused-ring (bicyclic) bond motifs is 2. The Kier molecular flexibility index (Phi) is 4.51.